The quantitative estimate of drug-likeness (QED) is 0.484. The number of epoxide rings is 1. The molecule has 0 radical (unpaired) electrons. The second kappa shape index (κ2) is 6.76. The van der Waals surface area contributed by atoms with Gasteiger partial charge in [0.25, 0.3) is 0 Å². The van der Waals surface area contributed by atoms with Crippen LogP contribution in [-0.2, 0) is 4.74 Å². The maximum atomic E-state index is 5.34. The molecule has 2 fully saturated rings. The Labute approximate surface area is 123 Å². The van der Waals surface area contributed by atoms with E-state index in [0.29, 0.717) is 6.10 Å². The molecule has 20 heavy (non-hydrogen) atoms. The molecule has 1 aromatic carbocycles. The summed E-state index contributed by atoms with van der Waals surface area (Å²) in [4.78, 5) is 0. The highest BCUT2D eigenvalue weighted by molar-refractivity contribution is 5.28. The normalized spacial score (nSPS) is 29.4. The van der Waals surface area contributed by atoms with Crippen molar-refractivity contribution in [3.63, 3.8) is 0 Å². The van der Waals surface area contributed by atoms with Crippen LogP contribution in [0.4, 0.5) is 0 Å². The molecular formula is C19H28O. The number of hydrogen-bond acceptors (Lipinski definition) is 1. The molecule has 1 aromatic rings. The van der Waals surface area contributed by atoms with E-state index in [-0.39, 0.29) is 0 Å². The van der Waals surface area contributed by atoms with Crippen molar-refractivity contribution in [1.29, 1.82) is 0 Å². The van der Waals surface area contributed by atoms with Crippen molar-refractivity contribution in [1.82, 2.24) is 0 Å². The highest BCUT2D eigenvalue weighted by Gasteiger charge is 2.25. The highest BCUT2D eigenvalue weighted by atomic mass is 16.6. The van der Waals surface area contributed by atoms with E-state index in [0.717, 1.165) is 18.4 Å². The summed E-state index contributed by atoms with van der Waals surface area (Å²) in [6.07, 6.45) is 11.8. The third-order valence-corrected chi connectivity index (χ3v) is 5.18. The van der Waals surface area contributed by atoms with Gasteiger partial charge in [-0.3, -0.25) is 0 Å². The van der Waals surface area contributed by atoms with Gasteiger partial charge in [0.1, 0.15) is 6.10 Å². The zero-order valence-corrected chi connectivity index (χ0v) is 12.8. The fraction of sp³-hybridized carbons (Fsp3) is 0.684. The van der Waals surface area contributed by atoms with Gasteiger partial charge in [-0.25, -0.2) is 0 Å². The van der Waals surface area contributed by atoms with E-state index < -0.39 is 0 Å². The van der Waals surface area contributed by atoms with Gasteiger partial charge in [0.05, 0.1) is 6.61 Å². The summed E-state index contributed by atoms with van der Waals surface area (Å²) < 4.78 is 5.34. The average molecular weight is 272 g/mol. The molecule has 1 nitrogen and oxygen atoms in total. The van der Waals surface area contributed by atoms with Crippen LogP contribution in [-0.4, -0.2) is 6.61 Å². The number of rotatable bonds is 6. The van der Waals surface area contributed by atoms with Crippen molar-refractivity contribution >= 4 is 0 Å². The smallest absolute Gasteiger partial charge is 0.106 e. The molecule has 1 saturated heterocycles. The molecule has 1 aliphatic carbocycles. The Hall–Kier alpha value is -0.820. The van der Waals surface area contributed by atoms with Gasteiger partial charge in [0, 0.05) is 0 Å². The lowest BCUT2D eigenvalue weighted by Crippen LogP contribution is -2.13. The molecule has 1 unspecified atom stereocenters. The zero-order chi connectivity index (χ0) is 13.8. The Morgan fingerprint density at radius 2 is 1.60 bits per heavy atom. The molecule has 2 aliphatic rings. The number of benzene rings is 1. The highest BCUT2D eigenvalue weighted by Crippen LogP contribution is 2.38. The largest absolute Gasteiger partial charge is 0.368 e. The molecule has 0 aromatic heterocycles. The van der Waals surface area contributed by atoms with Crippen LogP contribution in [0, 0.1) is 5.92 Å². The Bertz CT molecular complexity index is 396. The average Bonchev–Trinajstić information content (AvgIpc) is 3.33. The van der Waals surface area contributed by atoms with E-state index in [1.807, 2.05) is 0 Å². The summed E-state index contributed by atoms with van der Waals surface area (Å²) in [6, 6.07) is 9.25. The topological polar surface area (TPSA) is 12.5 Å². The minimum absolute atomic E-state index is 0.401. The second-order valence-electron chi connectivity index (χ2n) is 6.70. The van der Waals surface area contributed by atoms with Crippen LogP contribution < -0.4 is 0 Å². The van der Waals surface area contributed by atoms with Gasteiger partial charge in [0.2, 0.25) is 0 Å². The second-order valence-corrected chi connectivity index (χ2v) is 6.70. The fourth-order valence-electron chi connectivity index (χ4n) is 3.69. The zero-order valence-electron chi connectivity index (χ0n) is 12.8. The lowest BCUT2D eigenvalue weighted by atomic mass is 9.77. The molecule has 0 spiro atoms. The van der Waals surface area contributed by atoms with E-state index in [1.54, 1.807) is 5.56 Å². The maximum absolute atomic E-state index is 5.34. The minimum Gasteiger partial charge on any atom is -0.368 e. The standard InChI is InChI=1S/C19H28O/c1-2-3-4-5-15-6-8-16(9-7-15)17-10-12-18(13-11-17)19-14-20-19/h10-13,15-16,19H,2-9,14H2,1H3. The van der Waals surface area contributed by atoms with Crippen LogP contribution in [0.15, 0.2) is 24.3 Å². The first-order chi connectivity index (χ1) is 9.86. The van der Waals surface area contributed by atoms with E-state index in [9.17, 15) is 0 Å². The Balaban J connectivity index is 1.47. The molecule has 1 atom stereocenters. The lowest BCUT2D eigenvalue weighted by Gasteiger charge is -2.29. The summed E-state index contributed by atoms with van der Waals surface area (Å²) in [7, 11) is 0. The van der Waals surface area contributed by atoms with Gasteiger partial charge < -0.3 is 4.74 Å². The van der Waals surface area contributed by atoms with Crippen molar-refractivity contribution in [3.8, 4) is 0 Å². The molecule has 1 heteroatoms. The summed E-state index contributed by atoms with van der Waals surface area (Å²) in [6.45, 7) is 3.22. The van der Waals surface area contributed by atoms with Crippen LogP contribution in [0.5, 0.6) is 0 Å². The van der Waals surface area contributed by atoms with Crippen molar-refractivity contribution in [2.75, 3.05) is 6.61 Å². The van der Waals surface area contributed by atoms with E-state index in [4.69, 9.17) is 4.74 Å². The first kappa shape index (κ1) is 14.1. The van der Waals surface area contributed by atoms with Crippen molar-refractivity contribution < 1.29 is 4.74 Å². The van der Waals surface area contributed by atoms with Crippen molar-refractivity contribution in [3.05, 3.63) is 35.4 Å². The maximum Gasteiger partial charge on any atom is 0.106 e. The van der Waals surface area contributed by atoms with Crippen LogP contribution in [0.25, 0.3) is 0 Å². The van der Waals surface area contributed by atoms with Gasteiger partial charge >= 0.3 is 0 Å². The van der Waals surface area contributed by atoms with Gasteiger partial charge in [-0.1, -0.05) is 56.9 Å². The van der Waals surface area contributed by atoms with Gasteiger partial charge in [-0.15, -0.1) is 0 Å². The minimum atomic E-state index is 0.401. The van der Waals surface area contributed by atoms with Crippen LogP contribution in [0.3, 0.4) is 0 Å². The predicted molar refractivity (Wildman–Crippen MR) is 84.0 cm³/mol. The molecule has 1 heterocycles. The molecule has 1 aliphatic heterocycles. The van der Waals surface area contributed by atoms with Crippen LogP contribution in [0.2, 0.25) is 0 Å². The van der Waals surface area contributed by atoms with E-state index in [2.05, 4.69) is 31.2 Å². The van der Waals surface area contributed by atoms with Gasteiger partial charge in [-0.05, 0) is 48.6 Å². The SMILES string of the molecule is CCCCCC1CCC(c2ccc(C3CO3)cc2)CC1. The molecule has 0 bridgehead atoms. The monoisotopic (exact) mass is 272 g/mol. The Kier molecular flexibility index (Phi) is 4.77. The molecule has 110 valence electrons. The molecule has 3 rings (SSSR count). The predicted octanol–water partition coefficient (Wildman–Crippen LogP) is 5.61. The van der Waals surface area contributed by atoms with E-state index in [1.165, 1.54) is 56.9 Å². The van der Waals surface area contributed by atoms with Crippen LogP contribution in [0.1, 0.15) is 81.4 Å². The number of hydrogen-bond donors (Lipinski definition) is 0. The first-order valence-electron chi connectivity index (χ1n) is 8.58. The molecule has 0 amide bonds. The van der Waals surface area contributed by atoms with Crippen molar-refractivity contribution in [2.24, 2.45) is 5.92 Å². The molecule has 0 N–H and O–H groups in total. The third kappa shape index (κ3) is 3.63. The number of unbranched alkanes of at least 4 members (excludes halogenated alkanes) is 2. The number of ether oxygens (including phenoxy) is 1. The fourth-order valence-corrected chi connectivity index (χ4v) is 3.69. The summed E-state index contributed by atoms with van der Waals surface area (Å²) in [5.41, 5.74) is 2.92. The first-order valence-corrected chi connectivity index (χ1v) is 8.58. The molecular weight excluding hydrogens is 244 g/mol. The van der Waals surface area contributed by atoms with Gasteiger partial charge in [-0.2, -0.15) is 0 Å². The molecule has 1 saturated carbocycles. The van der Waals surface area contributed by atoms with Gasteiger partial charge in [0.15, 0.2) is 0 Å². The Morgan fingerprint density at radius 1 is 0.950 bits per heavy atom. The lowest BCUT2D eigenvalue weighted by molar-refractivity contribution is 0.303. The third-order valence-electron chi connectivity index (χ3n) is 5.18. The van der Waals surface area contributed by atoms with Crippen LogP contribution >= 0.6 is 0 Å². The summed E-state index contributed by atoms with van der Waals surface area (Å²) >= 11 is 0. The Morgan fingerprint density at radius 3 is 2.20 bits per heavy atom. The van der Waals surface area contributed by atoms with Crippen molar-refractivity contribution in [2.45, 2.75) is 70.3 Å². The summed E-state index contributed by atoms with van der Waals surface area (Å²) in [5.74, 6) is 1.82. The summed E-state index contributed by atoms with van der Waals surface area (Å²) in [5, 5.41) is 0. The van der Waals surface area contributed by atoms with E-state index >= 15 is 0 Å².